The van der Waals surface area contributed by atoms with Gasteiger partial charge in [-0.05, 0) is 68.8 Å². The molecule has 0 aliphatic heterocycles. The summed E-state index contributed by atoms with van der Waals surface area (Å²) >= 11 is 0. The van der Waals surface area contributed by atoms with Crippen molar-refractivity contribution < 1.29 is 4.42 Å². The van der Waals surface area contributed by atoms with Crippen LogP contribution in [-0.2, 0) is 10.8 Å². The highest BCUT2D eigenvalue weighted by atomic mass is 16.3. The molecule has 9 aromatic rings. The summed E-state index contributed by atoms with van der Waals surface area (Å²) < 4.78 is 7.42. The van der Waals surface area contributed by atoms with Gasteiger partial charge in [-0.25, -0.2) is 0 Å². The third kappa shape index (κ3) is 4.06. The fourth-order valence-corrected chi connectivity index (χ4v) is 9.86. The summed E-state index contributed by atoms with van der Waals surface area (Å²) in [7, 11) is 0. The van der Waals surface area contributed by atoms with Gasteiger partial charge in [0, 0.05) is 33.0 Å². The number of hydrogen-bond donors (Lipinski definition) is 0. The Balaban J connectivity index is 1.22. The van der Waals surface area contributed by atoms with E-state index < -0.39 is 5.41 Å². The van der Waals surface area contributed by atoms with Gasteiger partial charge < -0.3 is 9.32 Å². The van der Waals surface area contributed by atoms with E-state index in [4.69, 9.17) is 4.42 Å². The zero-order valence-corrected chi connectivity index (χ0v) is 30.3. The molecule has 1 aromatic heterocycles. The van der Waals surface area contributed by atoms with E-state index in [2.05, 4.69) is 207 Å². The SMILES string of the molecule is CC1(C)c2ccccc2-c2c(N(c3ccccc3)c3cccc4c3oc3c(C5(c6ccccc6)c6ccccc6-c6ccccc65)cccc34)cccc21. The largest absolute Gasteiger partial charge is 0.453 e. The lowest BCUT2D eigenvalue weighted by atomic mass is 9.67. The Kier molecular flexibility index (Phi) is 6.55. The van der Waals surface area contributed by atoms with Crippen molar-refractivity contribution in [3.63, 3.8) is 0 Å². The van der Waals surface area contributed by atoms with Crippen LogP contribution in [0.1, 0.15) is 47.2 Å². The highest BCUT2D eigenvalue weighted by Gasteiger charge is 2.47. The van der Waals surface area contributed by atoms with Crippen molar-refractivity contribution in [1.29, 1.82) is 0 Å². The van der Waals surface area contributed by atoms with Crippen LogP contribution < -0.4 is 4.90 Å². The van der Waals surface area contributed by atoms with Gasteiger partial charge in [0.1, 0.15) is 5.58 Å². The molecule has 2 nitrogen and oxygen atoms in total. The van der Waals surface area contributed by atoms with E-state index in [-0.39, 0.29) is 5.41 Å². The zero-order valence-electron chi connectivity index (χ0n) is 30.3. The summed E-state index contributed by atoms with van der Waals surface area (Å²) in [6.45, 7) is 4.69. The molecule has 256 valence electrons. The lowest BCUT2D eigenvalue weighted by Crippen LogP contribution is -2.28. The minimum atomic E-state index is -0.573. The molecule has 11 rings (SSSR count). The predicted molar refractivity (Wildman–Crippen MR) is 223 cm³/mol. The van der Waals surface area contributed by atoms with E-state index in [1.54, 1.807) is 0 Å². The van der Waals surface area contributed by atoms with Crippen LogP contribution in [0.25, 0.3) is 44.2 Å². The van der Waals surface area contributed by atoms with Gasteiger partial charge in [0.2, 0.25) is 0 Å². The molecule has 0 radical (unpaired) electrons. The Morgan fingerprint density at radius 1 is 0.389 bits per heavy atom. The molecule has 54 heavy (non-hydrogen) atoms. The van der Waals surface area contributed by atoms with Crippen LogP contribution >= 0.6 is 0 Å². The number of para-hydroxylation sites is 3. The van der Waals surface area contributed by atoms with Gasteiger partial charge in [0.25, 0.3) is 0 Å². The van der Waals surface area contributed by atoms with Gasteiger partial charge in [0.05, 0.1) is 16.8 Å². The van der Waals surface area contributed by atoms with Crippen LogP contribution in [0.3, 0.4) is 0 Å². The number of furan rings is 1. The van der Waals surface area contributed by atoms with E-state index in [1.807, 2.05) is 0 Å². The second kappa shape index (κ2) is 11.4. The maximum absolute atomic E-state index is 7.42. The van der Waals surface area contributed by atoms with Crippen LogP contribution in [-0.4, -0.2) is 0 Å². The Bertz CT molecular complexity index is 2870. The fraction of sp³-hybridized carbons (Fsp3) is 0.0769. The molecule has 0 spiro atoms. The first-order valence-electron chi connectivity index (χ1n) is 18.9. The first-order valence-corrected chi connectivity index (χ1v) is 18.9. The molecule has 1 heterocycles. The van der Waals surface area contributed by atoms with Gasteiger partial charge in [0.15, 0.2) is 5.58 Å². The highest BCUT2D eigenvalue weighted by molar-refractivity contribution is 6.12. The Morgan fingerprint density at radius 3 is 1.59 bits per heavy atom. The lowest BCUT2D eigenvalue weighted by Gasteiger charge is -2.33. The van der Waals surface area contributed by atoms with Gasteiger partial charge in [-0.3, -0.25) is 0 Å². The minimum Gasteiger partial charge on any atom is -0.453 e. The third-order valence-electron chi connectivity index (χ3n) is 12.1. The van der Waals surface area contributed by atoms with Crippen LogP contribution in [0.5, 0.6) is 0 Å². The molecule has 0 atom stereocenters. The molecule has 2 heteroatoms. The van der Waals surface area contributed by atoms with Crippen LogP contribution in [0.15, 0.2) is 192 Å². The van der Waals surface area contributed by atoms with Crippen molar-refractivity contribution in [3.8, 4) is 22.3 Å². The molecule has 0 saturated carbocycles. The molecular formula is C52H37NO. The number of benzene rings is 8. The fourth-order valence-electron chi connectivity index (χ4n) is 9.86. The maximum Gasteiger partial charge on any atom is 0.159 e. The average molecular weight is 692 g/mol. The Morgan fingerprint density at radius 2 is 0.889 bits per heavy atom. The molecule has 2 aliphatic carbocycles. The molecule has 2 aliphatic rings. The van der Waals surface area contributed by atoms with Gasteiger partial charge in [-0.1, -0.05) is 178 Å². The first kappa shape index (κ1) is 30.9. The molecule has 0 fully saturated rings. The maximum atomic E-state index is 7.42. The number of hydrogen-bond acceptors (Lipinski definition) is 2. The molecule has 0 bridgehead atoms. The Hall–Kier alpha value is -6.64. The summed E-state index contributed by atoms with van der Waals surface area (Å²) in [5.41, 5.74) is 17.0. The molecule has 8 aromatic carbocycles. The third-order valence-corrected chi connectivity index (χ3v) is 12.1. The topological polar surface area (TPSA) is 16.4 Å². The van der Waals surface area contributed by atoms with Crippen molar-refractivity contribution in [1.82, 2.24) is 0 Å². The van der Waals surface area contributed by atoms with Crippen LogP contribution in [0.2, 0.25) is 0 Å². The summed E-state index contributed by atoms with van der Waals surface area (Å²) in [6.07, 6.45) is 0. The Labute approximate surface area is 315 Å². The van der Waals surface area contributed by atoms with E-state index in [0.29, 0.717) is 0 Å². The molecular weight excluding hydrogens is 655 g/mol. The standard InChI is InChI=1S/C52H37NO/c1-51(2)41-27-12-11-24-40(41)48-44(51)30-17-32-46(48)53(35-20-7-4-8-21-35)47-33-16-26-39-38-25-15-31-45(49(38)54-50(39)47)52(34-18-5-3-6-19-34)42-28-13-9-22-36(42)37-23-10-14-29-43(37)52/h3-33H,1-2H3. The normalized spacial score (nSPS) is 14.4. The van der Waals surface area contributed by atoms with Crippen molar-refractivity contribution in [2.75, 3.05) is 4.90 Å². The molecule has 0 N–H and O–H groups in total. The van der Waals surface area contributed by atoms with E-state index in [1.165, 1.54) is 50.1 Å². The number of rotatable bonds is 5. The minimum absolute atomic E-state index is 0.121. The molecule has 0 amide bonds. The van der Waals surface area contributed by atoms with Gasteiger partial charge >= 0.3 is 0 Å². The number of nitrogens with zero attached hydrogens (tertiary/aromatic N) is 1. The van der Waals surface area contributed by atoms with Gasteiger partial charge in [-0.15, -0.1) is 0 Å². The zero-order chi connectivity index (χ0) is 36.0. The molecule has 0 unspecified atom stereocenters. The lowest BCUT2D eigenvalue weighted by molar-refractivity contribution is 0.648. The summed E-state index contributed by atoms with van der Waals surface area (Å²) in [5.74, 6) is 0. The van der Waals surface area contributed by atoms with Crippen LogP contribution in [0, 0.1) is 0 Å². The van der Waals surface area contributed by atoms with Crippen molar-refractivity contribution in [2.45, 2.75) is 24.7 Å². The number of fused-ring (bicyclic) bond motifs is 9. The average Bonchev–Trinajstić information content (AvgIpc) is 3.84. The first-order chi connectivity index (χ1) is 26.6. The summed E-state index contributed by atoms with van der Waals surface area (Å²) in [6, 6.07) is 68.6. The van der Waals surface area contributed by atoms with Crippen molar-refractivity contribution >= 4 is 39.0 Å². The number of anilines is 3. The van der Waals surface area contributed by atoms with E-state index in [0.717, 1.165) is 44.6 Å². The monoisotopic (exact) mass is 691 g/mol. The van der Waals surface area contributed by atoms with E-state index in [9.17, 15) is 0 Å². The highest BCUT2D eigenvalue weighted by Crippen LogP contribution is 2.59. The van der Waals surface area contributed by atoms with Gasteiger partial charge in [-0.2, -0.15) is 0 Å². The summed E-state index contributed by atoms with van der Waals surface area (Å²) in [4.78, 5) is 2.41. The second-order valence-corrected chi connectivity index (χ2v) is 15.2. The van der Waals surface area contributed by atoms with Crippen molar-refractivity contribution in [3.05, 3.63) is 221 Å². The van der Waals surface area contributed by atoms with Crippen molar-refractivity contribution in [2.24, 2.45) is 0 Å². The van der Waals surface area contributed by atoms with Crippen LogP contribution in [0.4, 0.5) is 17.1 Å². The predicted octanol–water partition coefficient (Wildman–Crippen LogP) is 13.7. The quantitative estimate of drug-likeness (QED) is 0.179. The summed E-state index contributed by atoms with van der Waals surface area (Å²) in [5, 5.41) is 2.21. The second-order valence-electron chi connectivity index (χ2n) is 15.2. The van der Waals surface area contributed by atoms with E-state index >= 15 is 0 Å². The smallest absolute Gasteiger partial charge is 0.159 e. The molecule has 0 saturated heterocycles.